The van der Waals surface area contributed by atoms with Gasteiger partial charge in [0.2, 0.25) is 0 Å². The lowest BCUT2D eigenvalue weighted by Crippen LogP contribution is -2.82. The minimum Gasteiger partial charge on any atom is -0.449 e. The van der Waals surface area contributed by atoms with Crippen molar-refractivity contribution < 1.29 is 28.8 Å². The normalized spacial score (nSPS) is 13.1. The van der Waals surface area contributed by atoms with E-state index < -0.39 is 64.7 Å². The van der Waals surface area contributed by atoms with Crippen LogP contribution in [0.1, 0.15) is 0 Å². The maximum atomic E-state index is 8.63. The molecule has 1 unspecified atom stereocenters. The Kier molecular flexibility index (Phi) is 15.8. The summed E-state index contributed by atoms with van der Waals surface area (Å²) in [5.41, 5.74) is 0. The summed E-state index contributed by atoms with van der Waals surface area (Å²) >= 11 is 0. The summed E-state index contributed by atoms with van der Waals surface area (Å²) < 4.78 is 49.5. The van der Waals surface area contributed by atoms with Crippen LogP contribution < -0.4 is 41.5 Å². The van der Waals surface area contributed by atoms with Gasteiger partial charge in [0.25, 0.3) is 38.3 Å². The van der Waals surface area contributed by atoms with E-state index in [4.69, 9.17) is 28.8 Å². The average molecular weight is 964 g/mol. The van der Waals surface area contributed by atoms with E-state index in [-0.39, 0.29) is 0 Å². The van der Waals surface area contributed by atoms with Crippen LogP contribution in [0.15, 0.2) is 243 Å². The summed E-state index contributed by atoms with van der Waals surface area (Å²) in [6, 6.07) is 84.7. The second-order valence-electron chi connectivity index (χ2n) is 14.8. The molecule has 1 atom stereocenters. The Morgan fingerprint density at radius 3 is 1.02 bits per heavy atom. The van der Waals surface area contributed by atoms with Crippen molar-refractivity contribution in [1.29, 1.82) is 0 Å². The zero-order chi connectivity index (χ0) is 43.1. The molecule has 0 aliphatic rings. The SMILES string of the molecule is [SiH3]O[SiH2]O[SiH2]O[SiH2]O[SiH](O[Si](O[Si](O[Si](c1ccccc1)(c1ccccc1)c1ccccc1)(c1ccccc1)c1ccccc1)(c1ccccc1)c1ccccc1)c1ccccc1. The van der Waals surface area contributed by atoms with Crippen molar-refractivity contribution in [3.05, 3.63) is 243 Å². The molecule has 15 heteroatoms. The molecule has 0 aliphatic heterocycles. The number of benzene rings is 8. The minimum absolute atomic E-state index is 0.667. The molecule has 8 aromatic rings. The van der Waals surface area contributed by atoms with Crippen LogP contribution in [-0.4, -0.2) is 75.2 Å². The van der Waals surface area contributed by atoms with E-state index in [1.54, 1.807) is 0 Å². The first-order valence-electron chi connectivity index (χ1n) is 21.0. The summed E-state index contributed by atoms with van der Waals surface area (Å²) in [4.78, 5) is 0. The summed E-state index contributed by atoms with van der Waals surface area (Å²) in [6.45, 7) is 0. The van der Waals surface area contributed by atoms with Gasteiger partial charge in [0.15, 0.2) is 0 Å². The van der Waals surface area contributed by atoms with Crippen LogP contribution in [0.2, 0.25) is 0 Å². The zero-order valence-corrected chi connectivity index (χ0v) is 45.5. The van der Waals surface area contributed by atoms with Crippen LogP contribution >= 0.6 is 0 Å². The van der Waals surface area contributed by atoms with Gasteiger partial charge in [-0.3, -0.25) is 0 Å². The van der Waals surface area contributed by atoms with Crippen molar-refractivity contribution in [2.75, 3.05) is 0 Å². The maximum absolute atomic E-state index is 8.63. The Labute approximate surface area is 385 Å². The molecule has 8 rings (SSSR count). The Morgan fingerprint density at radius 2 is 0.651 bits per heavy atom. The largest absolute Gasteiger partial charge is 0.449 e. The number of hydrogen-bond donors (Lipinski definition) is 0. The van der Waals surface area contributed by atoms with Gasteiger partial charge >= 0.3 is 26.4 Å². The van der Waals surface area contributed by atoms with Crippen molar-refractivity contribution in [1.82, 2.24) is 0 Å². The van der Waals surface area contributed by atoms with Gasteiger partial charge < -0.3 is 28.8 Å². The lowest BCUT2D eigenvalue weighted by atomic mass is 10.3. The fourth-order valence-corrected chi connectivity index (χ4v) is 33.8. The van der Waals surface area contributed by atoms with Gasteiger partial charge in [-0.2, -0.15) is 0 Å². The third kappa shape index (κ3) is 10.3. The molecule has 8 aromatic carbocycles. The minimum atomic E-state index is -4.03. The average Bonchev–Trinajstić information content (AvgIpc) is 3.37. The molecule has 0 amide bonds. The molecule has 0 heterocycles. The standard InChI is InChI=1S/C48H50O7Si8/c56-49-57-50-58-51-59-52-60(41-25-9-1-10-26-41)53-62(45-33-17-5-18-34-45,46-35-19-6-20-36-46)55-63(47-37-21-7-22-38-47,48-39-23-8-24-40-48)54-61(42-27-11-2-12-28-42,43-29-13-3-14-30-43)44-31-15-4-16-32-44/h1-40,60H,57-59H2,56H3. The van der Waals surface area contributed by atoms with E-state index in [1.807, 2.05) is 30.3 Å². The van der Waals surface area contributed by atoms with Gasteiger partial charge in [-0.05, 0) is 41.5 Å². The molecule has 63 heavy (non-hydrogen) atoms. The summed E-state index contributed by atoms with van der Waals surface area (Å²) in [6.07, 6.45) is 0. The van der Waals surface area contributed by atoms with E-state index in [2.05, 4.69) is 212 Å². The lowest BCUT2D eigenvalue weighted by molar-refractivity contribution is 0.330. The van der Waals surface area contributed by atoms with Crippen LogP contribution in [0.5, 0.6) is 0 Å². The highest BCUT2D eigenvalue weighted by atomic mass is 28.5. The van der Waals surface area contributed by atoms with E-state index in [9.17, 15) is 0 Å². The Morgan fingerprint density at radius 1 is 0.333 bits per heavy atom. The predicted octanol–water partition coefficient (Wildman–Crippen LogP) is 0.687. The first-order chi connectivity index (χ1) is 31.2. The zero-order valence-electron chi connectivity index (χ0n) is 35.2. The Hall–Kier alpha value is -4.78. The van der Waals surface area contributed by atoms with Crippen LogP contribution in [-0.2, 0) is 28.8 Å². The molecule has 0 aromatic heterocycles. The van der Waals surface area contributed by atoms with Gasteiger partial charge in [-0.25, -0.2) is 0 Å². The van der Waals surface area contributed by atoms with Gasteiger partial charge in [0.05, 0.1) is 0 Å². The highest BCUT2D eigenvalue weighted by Crippen LogP contribution is 2.25. The molecule has 0 radical (unpaired) electrons. The molecule has 0 fully saturated rings. The maximum Gasteiger partial charge on any atom is 0.390 e. The monoisotopic (exact) mass is 962 g/mol. The van der Waals surface area contributed by atoms with Crippen molar-refractivity contribution in [2.45, 2.75) is 0 Å². The summed E-state index contributed by atoms with van der Waals surface area (Å²) in [5.74, 6) is 0. The molecule has 0 bridgehead atoms. The number of rotatable bonds is 21. The molecule has 7 nitrogen and oxygen atoms in total. The molecule has 0 saturated heterocycles. The van der Waals surface area contributed by atoms with Crippen LogP contribution in [0.3, 0.4) is 0 Å². The second kappa shape index (κ2) is 22.2. The molecular formula is C48H50O7Si8. The third-order valence-electron chi connectivity index (χ3n) is 10.8. The quantitative estimate of drug-likeness (QED) is 0.0598. The predicted molar refractivity (Wildman–Crippen MR) is 276 cm³/mol. The van der Waals surface area contributed by atoms with Crippen LogP contribution in [0, 0.1) is 0 Å². The van der Waals surface area contributed by atoms with Crippen molar-refractivity contribution in [3.8, 4) is 0 Å². The molecular weight excluding hydrogens is 913 g/mol. The molecule has 0 saturated carbocycles. The fourth-order valence-electron chi connectivity index (χ4n) is 7.89. The lowest BCUT2D eigenvalue weighted by Gasteiger charge is -2.47. The van der Waals surface area contributed by atoms with Gasteiger partial charge in [-0.15, -0.1) is 0 Å². The third-order valence-corrected chi connectivity index (χ3v) is 31.7. The van der Waals surface area contributed by atoms with E-state index in [1.165, 1.54) is 0 Å². The molecule has 316 valence electrons. The van der Waals surface area contributed by atoms with Gasteiger partial charge in [-0.1, -0.05) is 243 Å². The summed E-state index contributed by atoms with van der Waals surface area (Å²) in [7, 11) is -17.4. The fraction of sp³-hybridized carbons (Fsp3) is 0. The Balaban J connectivity index is 1.44. The first kappa shape index (κ1) is 44.8. The highest BCUT2D eigenvalue weighted by molar-refractivity contribution is 7.15. The first-order valence-corrected chi connectivity index (χ1v) is 32.3. The van der Waals surface area contributed by atoms with Crippen molar-refractivity contribution in [3.63, 3.8) is 0 Å². The molecule has 0 aliphatic carbocycles. The van der Waals surface area contributed by atoms with Crippen LogP contribution in [0.4, 0.5) is 0 Å². The topological polar surface area (TPSA) is 64.6 Å². The Bertz CT molecular complexity index is 2370. The number of hydrogen-bond acceptors (Lipinski definition) is 7. The van der Waals surface area contributed by atoms with E-state index >= 15 is 0 Å². The van der Waals surface area contributed by atoms with Gasteiger partial charge in [0.1, 0.15) is 10.5 Å². The smallest absolute Gasteiger partial charge is 0.390 e. The van der Waals surface area contributed by atoms with E-state index in [0.717, 1.165) is 41.5 Å². The van der Waals surface area contributed by atoms with Gasteiger partial charge in [0, 0.05) is 0 Å². The molecule has 0 spiro atoms. The van der Waals surface area contributed by atoms with Crippen molar-refractivity contribution in [2.24, 2.45) is 0 Å². The van der Waals surface area contributed by atoms with E-state index in [0.29, 0.717) is 10.5 Å². The summed E-state index contributed by atoms with van der Waals surface area (Å²) in [5, 5.41) is 8.14. The van der Waals surface area contributed by atoms with Crippen LogP contribution in [0.25, 0.3) is 0 Å². The van der Waals surface area contributed by atoms with Crippen molar-refractivity contribution >= 4 is 117 Å². The molecule has 0 N–H and O–H groups in total. The highest BCUT2D eigenvalue weighted by Gasteiger charge is 2.60. The second-order valence-corrected chi connectivity index (χ2v) is 34.2.